The first kappa shape index (κ1) is 10.1. The Labute approximate surface area is 85.3 Å². The Morgan fingerprint density at radius 2 is 2.33 bits per heavy atom. The van der Waals surface area contributed by atoms with Crippen molar-refractivity contribution in [3.8, 4) is 0 Å². The van der Waals surface area contributed by atoms with E-state index in [-0.39, 0.29) is 6.10 Å². The minimum Gasteiger partial charge on any atom is -0.393 e. The summed E-state index contributed by atoms with van der Waals surface area (Å²) in [6, 6.07) is 8.08. The van der Waals surface area contributed by atoms with Gasteiger partial charge in [0.15, 0.2) is 0 Å². The molecule has 1 unspecified atom stereocenters. The van der Waals surface area contributed by atoms with Crippen molar-refractivity contribution in [1.29, 1.82) is 0 Å². The molecule has 3 heteroatoms. The van der Waals surface area contributed by atoms with Gasteiger partial charge in [0.2, 0.25) is 0 Å². The van der Waals surface area contributed by atoms with Crippen molar-refractivity contribution in [2.24, 2.45) is 0 Å². The third-order valence-electron chi connectivity index (χ3n) is 1.29. The average molecular weight is 247 g/mol. The van der Waals surface area contributed by atoms with Gasteiger partial charge in [-0.1, -0.05) is 22.0 Å². The Kier molecular flexibility index (Phi) is 4.12. The molecule has 1 aromatic rings. The van der Waals surface area contributed by atoms with Gasteiger partial charge in [-0.25, -0.2) is 0 Å². The standard InChI is InChI=1S/C9H11BrOS/c1-7(11)6-12-9-4-2-3-8(10)5-9/h2-5,7,11H,6H2,1H3. The highest BCUT2D eigenvalue weighted by molar-refractivity contribution is 9.10. The second-order valence-electron chi connectivity index (χ2n) is 2.62. The fraction of sp³-hybridized carbons (Fsp3) is 0.333. The Morgan fingerprint density at radius 1 is 1.58 bits per heavy atom. The molecule has 12 heavy (non-hydrogen) atoms. The molecular formula is C9H11BrOS. The molecule has 0 saturated heterocycles. The van der Waals surface area contributed by atoms with Gasteiger partial charge in [-0.05, 0) is 25.1 Å². The second-order valence-corrected chi connectivity index (χ2v) is 4.63. The second kappa shape index (κ2) is 4.90. The molecule has 0 amide bonds. The maximum absolute atomic E-state index is 9.05. The molecule has 66 valence electrons. The zero-order chi connectivity index (χ0) is 8.97. The van der Waals surface area contributed by atoms with E-state index < -0.39 is 0 Å². The minimum absolute atomic E-state index is 0.242. The van der Waals surface area contributed by atoms with E-state index in [0.717, 1.165) is 10.2 Å². The smallest absolute Gasteiger partial charge is 0.0606 e. The van der Waals surface area contributed by atoms with E-state index in [1.807, 2.05) is 24.3 Å². The van der Waals surface area contributed by atoms with Gasteiger partial charge in [-0.3, -0.25) is 0 Å². The first-order valence-corrected chi connectivity index (χ1v) is 5.53. The van der Waals surface area contributed by atoms with E-state index in [1.165, 1.54) is 4.90 Å². The fourth-order valence-electron chi connectivity index (χ4n) is 0.774. The topological polar surface area (TPSA) is 20.2 Å². The molecule has 0 aromatic heterocycles. The van der Waals surface area contributed by atoms with Gasteiger partial charge in [-0.2, -0.15) is 0 Å². The van der Waals surface area contributed by atoms with Crippen molar-refractivity contribution in [1.82, 2.24) is 0 Å². The van der Waals surface area contributed by atoms with Gasteiger partial charge in [0.1, 0.15) is 0 Å². The molecule has 0 radical (unpaired) electrons. The lowest BCUT2D eigenvalue weighted by molar-refractivity contribution is 0.220. The van der Waals surface area contributed by atoms with Crippen LogP contribution in [0.15, 0.2) is 33.6 Å². The van der Waals surface area contributed by atoms with Gasteiger partial charge in [0.25, 0.3) is 0 Å². The van der Waals surface area contributed by atoms with Crippen LogP contribution in [-0.4, -0.2) is 17.0 Å². The van der Waals surface area contributed by atoms with Crippen LogP contribution in [0, 0.1) is 0 Å². The van der Waals surface area contributed by atoms with Crippen LogP contribution in [0.5, 0.6) is 0 Å². The maximum atomic E-state index is 9.05. The molecule has 1 rings (SSSR count). The number of benzene rings is 1. The molecular weight excluding hydrogens is 236 g/mol. The predicted octanol–water partition coefficient (Wildman–Crippen LogP) is 2.92. The van der Waals surface area contributed by atoms with Crippen molar-refractivity contribution < 1.29 is 5.11 Å². The first-order valence-electron chi connectivity index (χ1n) is 3.75. The Morgan fingerprint density at radius 3 is 2.92 bits per heavy atom. The predicted molar refractivity (Wildman–Crippen MR) is 56.5 cm³/mol. The van der Waals surface area contributed by atoms with Crippen LogP contribution in [0.2, 0.25) is 0 Å². The molecule has 0 fully saturated rings. The van der Waals surface area contributed by atoms with Crippen LogP contribution < -0.4 is 0 Å². The fourth-order valence-corrected chi connectivity index (χ4v) is 2.14. The van der Waals surface area contributed by atoms with Crippen LogP contribution in [-0.2, 0) is 0 Å². The number of aliphatic hydroxyl groups is 1. The summed E-state index contributed by atoms with van der Waals surface area (Å²) in [5.74, 6) is 0.746. The van der Waals surface area contributed by atoms with Crippen LogP contribution in [0.4, 0.5) is 0 Å². The number of rotatable bonds is 3. The van der Waals surface area contributed by atoms with E-state index in [1.54, 1.807) is 18.7 Å². The van der Waals surface area contributed by atoms with E-state index in [0.29, 0.717) is 0 Å². The molecule has 1 atom stereocenters. The summed E-state index contributed by atoms with van der Waals surface area (Å²) in [6.07, 6.45) is -0.242. The van der Waals surface area contributed by atoms with Crippen molar-refractivity contribution in [2.75, 3.05) is 5.75 Å². The number of hydrogen-bond donors (Lipinski definition) is 1. The largest absolute Gasteiger partial charge is 0.393 e. The Hall–Kier alpha value is 0.01000. The van der Waals surface area contributed by atoms with Crippen LogP contribution in [0.3, 0.4) is 0 Å². The molecule has 0 bridgehead atoms. The number of thioether (sulfide) groups is 1. The molecule has 0 aliphatic heterocycles. The number of hydrogen-bond acceptors (Lipinski definition) is 2. The number of halogens is 1. The lowest BCUT2D eigenvalue weighted by Gasteiger charge is -2.03. The highest BCUT2D eigenvalue weighted by Crippen LogP contribution is 2.22. The number of aliphatic hydroxyl groups excluding tert-OH is 1. The zero-order valence-electron chi connectivity index (χ0n) is 6.83. The molecule has 1 nitrogen and oxygen atoms in total. The van der Waals surface area contributed by atoms with Crippen LogP contribution in [0.1, 0.15) is 6.92 Å². The van der Waals surface area contributed by atoms with Gasteiger partial charge < -0.3 is 5.11 Å². The summed E-state index contributed by atoms with van der Waals surface area (Å²) >= 11 is 5.06. The Bertz CT molecular complexity index is 250. The highest BCUT2D eigenvalue weighted by Gasteiger charge is 1.98. The van der Waals surface area contributed by atoms with Crippen molar-refractivity contribution in [2.45, 2.75) is 17.9 Å². The molecule has 0 heterocycles. The minimum atomic E-state index is -0.242. The quantitative estimate of drug-likeness (QED) is 0.829. The van der Waals surface area contributed by atoms with Crippen LogP contribution >= 0.6 is 27.7 Å². The van der Waals surface area contributed by atoms with Gasteiger partial charge in [0.05, 0.1) is 6.10 Å². The van der Waals surface area contributed by atoms with Gasteiger partial charge in [-0.15, -0.1) is 11.8 Å². The zero-order valence-corrected chi connectivity index (χ0v) is 9.23. The average Bonchev–Trinajstić information content (AvgIpc) is 2.01. The molecule has 0 aliphatic rings. The molecule has 0 aliphatic carbocycles. The molecule has 0 saturated carbocycles. The van der Waals surface area contributed by atoms with E-state index in [2.05, 4.69) is 15.9 Å². The maximum Gasteiger partial charge on any atom is 0.0606 e. The third-order valence-corrected chi connectivity index (χ3v) is 3.02. The summed E-state index contributed by atoms with van der Waals surface area (Å²) in [7, 11) is 0. The van der Waals surface area contributed by atoms with E-state index in [4.69, 9.17) is 5.11 Å². The first-order chi connectivity index (χ1) is 5.68. The van der Waals surface area contributed by atoms with Gasteiger partial charge in [0, 0.05) is 15.1 Å². The summed E-state index contributed by atoms with van der Waals surface area (Å²) in [5, 5.41) is 9.05. The summed E-state index contributed by atoms with van der Waals surface area (Å²) in [6.45, 7) is 1.80. The molecule has 1 aromatic carbocycles. The lowest BCUT2D eigenvalue weighted by Crippen LogP contribution is -2.01. The van der Waals surface area contributed by atoms with Crippen molar-refractivity contribution in [3.05, 3.63) is 28.7 Å². The summed E-state index contributed by atoms with van der Waals surface area (Å²) in [4.78, 5) is 1.19. The summed E-state index contributed by atoms with van der Waals surface area (Å²) < 4.78 is 1.08. The highest BCUT2D eigenvalue weighted by atomic mass is 79.9. The lowest BCUT2D eigenvalue weighted by atomic mass is 10.4. The van der Waals surface area contributed by atoms with E-state index in [9.17, 15) is 0 Å². The molecule has 1 N–H and O–H groups in total. The van der Waals surface area contributed by atoms with Crippen molar-refractivity contribution >= 4 is 27.7 Å². The van der Waals surface area contributed by atoms with Gasteiger partial charge >= 0.3 is 0 Å². The normalized spacial score (nSPS) is 12.9. The SMILES string of the molecule is CC(O)CSc1cccc(Br)c1. The monoisotopic (exact) mass is 246 g/mol. The van der Waals surface area contributed by atoms with E-state index >= 15 is 0 Å². The Balaban J connectivity index is 2.52. The molecule has 0 spiro atoms. The summed E-state index contributed by atoms with van der Waals surface area (Å²) in [5.41, 5.74) is 0. The van der Waals surface area contributed by atoms with Crippen LogP contribution in [0.25, 0.3) is 0 Å². The van der Waals surface area contributed by atoms with Crippen molar-refractivity contribution in [3.63, 3.8) is 0 Å². The third kappa shape index (κ3) is 3.61.